The van der Waals surface area contributed by atoms with Crippen molar-refractivity contribution in [1.82, 2.24) is 5.32 Å². The highest BCUT2D eigenvalue weighted by Crippen LogP contribution is 2.22. The molecule has 96 valence electrons. The van der Waals surface area contributed by atoms with Gasteiger partial charge in [0, 0.05) is 22.3 Å². The Hall–Kier alpha value is -0.380. The molecule has 2 rings (SSSR count). The smallest absolute Gasteiger partial charge is 0.0565 e. The zero-order valence-electron chi connectivity index (χ0n) is 11.2. The summed E-state index contributed by atoms with van der Waals surface area (Å²) in [6.07, 6.45) is 3.05. The first-order chi connectivity index (χ1) is 8.04. The van der Waals surface area contributed by atoms with Crippen LogP contribution in [0.4, 0.5) is 0 Å². The third-order valence-corrected chi connectivity index (χ3v) is 4.63. The fraction of sp³-hybridized carbons (Fsp3) is 0.714. The molecule has 1 N–H and O–H groups in total. The fourth-order valence-corrected chi connectivity index (χ4v) is 3.56. The van der Waals surface area contributed by atoms with E-state index in [4.69, 9.17) is 4.74 Å². The van der Waals surface area contributed by atoms with E-state index in [9.17, 15) is 0 Å². The van der Waals surface area contributed by atoms with E-state index in [1.165, 1.54) is 15.3 Å². The number of hydrogen-bond donors (Lipinski definition) is 1. The molecule has 0 amide bonds. The Morgan fingerprint density at radius 1 is 1.29 bits per heavy atom. The van der Waals surface area contributed by atoms with Crippen molar-refractivity contribution in [2.45, 2.75) is 65.3 Å². The molecule has 0 aliphatic carbocycles. The van der Waals surface area contributed by atoms with Gasteiger partial charge in [-0.15, -0.1) is 11.3 Å². The van der Waals surface area contributed by atoms with Crippen LogP contribution in [0.5, 0.6) is 0 Å². The Morgan fingerprint density at radius 3 is 2.47 bits per heavy atom. The summed E-state index contributed by atoms with van der Waals surface area (Å²) >= 11 is 1.91. The summed E-state index contributed by atoms with van der Waals surface area (Å²) in [5.74, 6) is 0. The molecule has 0 bridgehead atoms. The van der Waals surface area contributed by atoms with Crippen LogP contribution in [0.15, 0.2) is 6.07 Å². The highest BCUT2D eigenvalue weighted by Gasteiger charge is 2.23. The summed E-state index contributed by atoms with van der Waals surface area (Å²) < 4.78 is 5.75. The van der Waals surface area contributed by atoms with Crippen molar-refractivity contribution in [1.29, 1.82) is 0 Å². The van der Waals surface area contributed by atoms with Crippen LogP contribution in [0.3, 0.4) is 0 Å². The van der Waals surface area contributed by atoms with Crippen LogP contribution in [-0.2, 0) is 11.3 Å². The van der Waals surface area contributed by atoms with E-state index in [0.29, 0.717) is 18.2 Å². The van der Waals surface area contributed by atoms with E-state index in [1.54, 1.807) is 0 Å². The molecular formula is C14H23NOS. The number of aryl methyl sites for hydroxylation is 2. The van der Waals surface area contributed by atoms with Crippen molar-refractivity contribution in [3.8, 4) is 0 Å². The number of rotatable bonds is 3. The van der Waals surface area contributed by atoms with Gasteiger partial charge in [-0.3, -0.25) is 0 Å². The van der Waals surface area contributed by atoms with Crippen molar-refractivity contribution >= 4 is 11.3 Å². The second-order valence-electron chi connectivity index (χ2n) is 5.26. The summed E-state index contributed by atoms with van der Waals surface area (Å²) in [7, 11) is 0. The van der Waals surface area contributed by atoms with Crippen molar-refractivity contribution in [2.24, 2.45) is 0 Å². The lowest BCUT2D eigenvalue weighted by molar-refractivity contribution is -0.0422. The van der Waals surface area contributed by atoms with E-state index in [0.717, 1.165) is 19.4 Å². The quantitative estimate of drug-likeness (QED) is 0.891. The highest BCUT2D eigenvalue weighted by atomic mass is 32.1. The third kappa shape index (κ3) is 3.54. The summed E-state index contributed by atoms with van der Waals surface area (Å²) in [6.45, 7) is 9.73. The maximum Gasteiger partial charge on any atom is 0.0565 e. The molecule has 2 nitrogen and oxygen atoms in total. The molecule has 0 saturated carbocycles. The predicted octanol–water partition coefficient (Wildman–Crippen LogP) is 3.41. The van der Waals surface area contributed by atoms with Gasteiger partial charge in [-0.1, -0.05) is 0 Å². The van der Waals surface area contributed by atoms with Crippen LogP contribution in [0, 0.1) is 13.8 Å². The first kappa shape index (κ1) is 13.1. The van der Waals surface area contributed by atoms with Crippen molar-refractivity contribution in [3.63, 3.8) is 0 Å². The molecule has 1 aromatic heterocycles. The third-order valence-electron chi connectivity index (χ3n) is 3.48. The Kier molecular flexibility index (Phi) is 4.23. The molecule has 1 fully saturated rings. The number of thiophene rings is 1. The monoisotopic (exact) mass is 253 g/mol. The molecule has 1 aliphatic rings. The highest BCUT2D eigenvalue weighted by molar-refractivity contribution is 7.12. The molecule has 0 aromatic carbocycles. The average Bonchev–Trinajstić information content (AvgIpc) is 2.54. The molecule has 17 heavy (non-hydrogen) atoms. The van der Waals surface area contributed by atoms with Gasteiger partial charge >= 0.3 is 0 Å². The van der Waals surface area contributed by atoms with E-state index in [-0.39, 0.29) is 0 Å². The van der Waals surface area contributed by atoms with Gasteiger partial charge in [0.2, 0.25) is 0 Å². The lowest BCUT2D eigenvalue weighted by atomic mass is 10.00. The van der Waals surface area contributed by atoms with Crippen LogP contribution in [0.1, 0.15) is 42.0 Å². The molecule has 0 radical (unpaired) electrons. The van der Waals surface area contributed by atoms with E-state index >= 15 is 0 Å². The lowest BCUT2D eigenvalue weighted by Crippen LogP contribution is -2.40. The molecule has 1 saturated heterocycles. The first-order valence-corrected chi connectivity index (χ1v) is 7.31. The minimum absolute atomic E-state index is 0.392. The van der Waals surface area contributed by atoms with Gasteiger partial charge in [-0.25, -0.2) is 0 Å². The molecule has 2 heterocycles. The molecule has 2 atom stereocenters. The molecule has 1 aliphatic heterocycles. The Balaban J connectivity index is 1.85. The minimum atomic E-state index is 0.392. The van der Waals surface area contributed by atoms with E-state index in [1.807, 2.05) is 11.3 Å². The number of hydrogen-bond acceptors (Lipinski definition) is 3. The lowest BCUT2D eigenvalue weighted by Gasteiger charge is -2.32. The zero-order chi connectivity index (χ0) is 12.4. The van der Waals surface area contributed by atoms with E-state index < -0.39 is 0 Å². The van der Waals surface area contributed by atoms with Crippen molar-refractivity contribution in [3.05, 3.63) is 21.4 Å². The summed E-state index contributed by atoms with van der Waals surface area (Å²) in [5.41, 5.74) is 1.42. The van der Waals surface area contributed by atoms with Crippen LogP contribution in [0.25, 0.3) is 0 Å². The Bertz CT molecular complexity index is 345. The largest absolute Gasteiger partial charge is 0.375 e. The predicted molar refractivity (Wildman–Crippen MR) is 73.7 cm³/mol. The molecule has 1 aromatic rings. The first-order valence-electron chi connectivity index (χ1n) is 6.49. The standard InChI is InChI=1S/C14H23NOS/c1-9-5-14(17-12(9)4)8-15-13-6-10(2)16-11(3)7-13/h5,10-11,13,15H,6-8H2,1-4H3. The maximum absolute atomic E-state index is 5.75. The van der Waals surface area contributed by atoms with Crippen molar-refractivity contribution < 1.29 is 4.74 Å². The van der Waals surface area contributed by atoms with Gasteiger partial charge in [-0.05, 0) is 52.2 Å². The average molecular weight is 253 g/mol. The van der Waals surface area contributed by atoms with Crippen LogP contribution >= 0.6 is 11.3 Å². The van der Waals surface area contributed by atoms with Crippen LogP contribution in [-0.4, -0.2) is 18.2 Å². The molecule has 3 heteroatoms. The SMILES string of the molecule is Cc1cc(CNC2CC(C)OC(C)C2)sc1C. The fourth-order valence-electron chi connectivity index (χ4n) is 2.55. The molecule has 0 spiro atoms. The van der Waals surface area contributed by atoms with Crippen molar-refractivity contribution in [2.75, 3.05) is 0 Å². The zero-order valence-corrected chi connectivity index (χ0v) is 12.1. The van der Waals surface area contributed by atoms with Gasteiger partial charge in [0.25, 0.3) is 0 Å². The topological polar surface area (TPSA) is 21.3 Å². The van der Waals surface area contributed by atoms with Gasteiger partial charge in [0.15, 0.2) is 0 Å². The Labute approximate surface area is 108 Å². The van der Waals surface area contributed by atoms with Gasteiger partial charge < -0.3 is 10.1 Å². The van der Waals surface area contributed by atoms with Crippen LogP contribution < -0.4 is 5.32 Å². The van der Waals surface area contributed by atoms with Crippen LogP contribution in [0.2, 0.25) is 0 Å². The Morgan fingerprint density at radius 2 is 1.94 bits per heavy atom. The molecule has 2 unspecified atom stereocenters. The normalized spacial score (nSPS) is 29.5. The second-order valence-corrected chi connectivity index (χ2v) is 6.60. The minimum Gasteiger partial charge on any atom is -0.375 e. The number of nitrogens with one attached hydrogen (secondary N) is 1. The summed E-state index contributed by atoms with van der Waals surface area (Å²) in [6, 6.07) is 2.91. The van der Waals surface area contributed by atoms with Gasteiger partial charge in [0.1, 0.15) is 0 Å². The molecular weight excluding hydrogens is 230 g/mol. The van der Waals surface area contributed by atoms with Gasteiger partial charge in [-0.2, -0.15) is 0 Å². The number of ether oxygens (including phenoxy) is 1. The van der Waals surface area contributed by atoms with Gasteiger partial charge in [0.05, 0.1) is 12.2 Å². The van der Waals surface area contributed by atoms with E-state index in [2.05, 4.69) is 39.1 Å². The summed E-state index contributed by atoms with van der Waals surface area (Å²) in [5, 5.41) is 3.67. The summed E-state index contributed by atoms with van der Waals surface area (Å²) in [4.78, 5) is 2.89. The maximum atomic E-state index is 5.75. The second kappa shape index (κ2) is 5.51.